The lowest BCUT2D eigenvalue weighted by Crippen LogP contribution is -2.35. The topological polar surface area (TPSA) is 84.2 Å². The van der Waals surface area contributed by atoms with Crippen LogP contribution in [0.3, 0.4) is 0 Å². The zero-order valence-corrected chi connectivity index (χ0v) is 10.6. The summed E-state index contributed by atoms with van der Waals surface area (Å²) in [5, 5.41) is 13.7. The molecule has 0 saturated carbocycles. The fourth-order valence-electron chi connectivity index (χ4n) is 1.60. The van der Waals surface area contributed by atoms with Crippen LogP contribution in [0.1, 0.15) is 19.7 Å². The van der Waals surface area contributed by atoms with Gasteiger partial charge in [0, 0.05) is 18.4 Å². The van der Waals surface area contributed by atoms with E-state index >= 15 is 0 Å². The van der Waals surface area contributed by atoms with E-state index in [-0.39, 0.29) is 18.5 Å². The average molecular weight is 248 g/mol. The van der Waals surface area contributed by atoms with Crippen molar-refractivity contribution in [3.05, 3.63) is 18.2 Å². The molecule has 0 saturated heterocycles. The summed E-state index contributed by atoms with van der Waals surface area (Å²) in [6.07, 6.45) is 3.43. The zero-order chi connectivity index (χ0) is 13.1. The molecule has 0 aliphatic carbocycles. The van der Waals surface area contributed by atoms with Gasteiger partial charge in [0.1, 0.15) is 5.82 Å². The van der Waals surface area contributed by atoms with Crippen molar-refractivity contribution < 1.29 is 4.79 Å². The van der Waals surface area contributed by atoms with Gasteiger partial charge in [-0.25, -0.2) is 4.98 Å². The van der Waals surface area contributed by atoms with Gasteiger partial charge in [-0.05, 0) is 20.8 Å². The lowest BCUT2D eigenvalue weighted by Gasteiger charge is -2.09. The maximum atomic E-state index is 11.5. The van der Waals surface area contributed by atoms with E-state index in [0.29, 0.717) is 11.5 Å². The van der Waals surface area contributed by atoms with Gasteiger partial charge < -0.3 is 10.6 Å². The molecule has 1 amide bonds. The Morgan fingerprint density at radius 3 is 2.94 bits per heavy atom. The van der Waals surface area contributed by atoms with E-state index in [9.17, 15) is 4.79 Å². The van der Waals surface area contributed by atoms with Gasteiger partial charge in [0.05, 0.1) is 6.54 Å². The monoisotopic (exact) mass is 248 g/mol. The van der Waals surface area contributed by atoms with Gasteiger partial charge in [-0.1, -0.05) is 0 Å². The van der Waals surface area contributed by atoms with Crippen molar-refractivity contribution in [3.8, 4) is 0 Å². The molecule has 2 N–H and O–H groups in total. The van der Waals surface area contributed by atoms with Gasteiger partial charge in [-0.2, -0.15) is 0 Å². The van der Waals surface area contributed by atoms with Crippen molar-refractivity contribution in [2.75, 3.05) is 11.9 Å². The molecule has 18 heavy (non-hydrogen) atoms. The minimum absolute atomic E-state index is 0.0787. The van der Waals surface area contributed by atoms with Crippen LogP contribution >= 0.6 is 0 Å². The number of aryl methyl sites for hydroxylation is 1. The van der Waals surface area contributed by atoms with Crippen LogP contribution in [-0.2, 0) is 4.79 Å². The average Bonchev–Trinajstić information content (AvgIpc) is 2.68. The normalized spacial score (nSPS) is 10.9. The summed E-state index contributed by atoms with van der Waals surface area (Å²) in [6, 6.07) is 0.124. The number of aromatic nitrogens is 4. The molecule has 2 aromatic rings. The predicted octanol–water partition coefficient (Wildman–Crippen LogP) is 0.369. The molecule has 0 atom stereocenters. The minimum Gasteiger partial charge on any atom is -0.358 e. The second kappa shape index (κ2) is 4.99. The Morgan fingerprint density at radius 2 is 2.22 bits per heavy atom. The number of amides is 1. The minimum atomic E-state index is -0.0787. The molecule has 0 bridgehead atoms. The largest absolute Gasteiger partial charge is 0.358 e. The Bertz CT molecular complexity index is 562. The summed E-state index contributed by atoms with van der Waals surface area (Å²) in [5.41, 5.74) is 0.618. The Kier molecular flexibility index (Phi) is 3.40. The molecule has 0 radical (unpaired) electrons. The molecule has 7 nitrogen and oxygen atoms in total. The quantitative estimate of drug-likeness (QED) is 0.816. The maximum absolute atomic E-state index is 11.5. The molecule has 96 valence electrons. The smallest absolute Gasteiger partial charge is 0.239 e. The molecular formula is C11H16N6O. The van der Waals surface area contributed by atoms with Crippen molar-refractivity contribution in [1.29, 1.82) is 0 Å². The Hall–Kier alpha value is -2.18. The van der Waals surface area contributed by atoms with Gasteiger partial charge >= 0.3 is 0 Å². The summed E-state index contributed by atoms with van der Waals surface area (Å²) >= 11 is 0. The third-order valence-electron chi connectivity index (χ3n) is 2.36. The molecule has 2 heterocycles. The van der Waals surface area contributed by atoms with Crippen molar-refractivity contribution >= 4 is 17.4 Å². The van der Waals surface area contributed by atoms with E-state index in [0.717, 1.165) is 5.82 Å². The molecule has 0 unspecified atom stereocenters. The number of anilines is 1. The summed E-state index contributed by atoms with van der Waals surface area (Å²) in [7, 11) is 0. The number of hydrogen-bond donors (Lipinski definition) is 2. The van der Waals surface area contributed by atoms with Crippen LogP contribution in [-0.4, -0.2) is 38.1 Å². The van der Waals surface area contributed by atoms with E-state index in [1.165, 1.54) is 0 Å². The Labute approximate surface area is 105 Å². The van der Waals surface area contributed by atoms with Gasteiger partial charge in [0.15, 0.2) is 5.82 Å². The predicted molar refractivity (Wildman–Crippen MR) is 67.3 cm³/mol. The molecule has 2 aromatic heterocycles. The highest BCUT2D eigenvalue weighted by atomic mass is 16.1. The van der Waals surface area contributed by atoms with Gasteiger partial charge in [0.25, 0.3) is 0 Å². The number of fused-ring (bicyclic) bond motifs is 1. The molecule has 2 rings (SSSR count). The lowest BCUT2D eigenvalue weighted by atomic mass is 10.4. The van der Waals surface area contributed by atoms with E-state index in [2.05, 4.69) is 25.8 Å². The van der Waals surface area contributed by atoms with Crippen LogP contribution in [0.5, 0.6) is 0 Å². The summed E-state index contributed by atoms with van der Waals surface area (Å²) in [4.78, 5) is 15.7. The first kappa shape index (κ1) is 12.3. The molecule has 0 fully saturated rings. The number of hydrogen-bond acceptors (Lipinski definition) is 5. The fourth-order valence-corrected chi connectivity index (χ4v) is 1.60. The van der Waals surface area contributed by atoms with E-state index < -0.39 is 0 Å². The summed E-state index contributed by atoms with van der Waals surface area (Å²) in [6.45, 7) is 5.85. The molecule has 7 heteroatoms. The molecule has 0 aromatic carbocycles. The second-order valence-electron chi connectivity index (χ2n) is 4.29. The first-order valence-electron chi connectivity index (χ1n) is 5.77. The number of carbonyl (C=O) groups is 1. The molecule has 0 aliphatic rings. The van der Waals surface area contributed by atoms with E-state index in [4.69, 9.17) is 0 Å². The standard InChI is InChI=1S/C11H16N6O/c1-7(2)14-9(18)6-13-10-11-16-15-8(3)17(11)5-4-12-10/h4-5,7H,6H2,1-3H3,(H,12,13)(H,14,18). The van der Waals surface area contributed by atoms with Crippen LogP contribution in [0.15, 0.2) is 12.4 Å². The van der Waals surface area contributed by atoms with Crippen LogP contribution in [0.4, 0.5) is 5.82 Å². The lowest BCUT2D eigenvalue weighted by molar-refractivity contribution is -0.119. The SMILES string of the molecule is Cc1nnc2c(NCC(=O)NC(C)C)nccn12. The van der Waals surface area contributed by atoms with Gasteiger partial charge in [0.2, 0.25) is 11.6 Å². The highest BCUT2D eigenvalue weighted by molar-refractivity contribution is 5.81. The van der Waals surface area contributed by atoms with Crippen molar-refractivity contribution in [2.45, 2.75) is 26.8 Å². The van der Waals surface area contributed by atoms with Gasteiger partial charge in [-0.15, -0.1) is 10.2 Å². The first-order valence-corrected chi connectivity index (χ1v) is 5.77. The number of rotatable bonds is 4. The fraction of sp³-hybridized carbons (Fsp3) is 0.455. The van der Waals surface area contributed by atoms with Crippen LogP contribution < -0.4 is 10.6 Å². The van der Waals surface area contributed by atoms with Gasteiger partial charge in [-0.3, -0.25) is 9.20 Å². The second-order valence-corrected chi connectivity index (χ2v) is 4.29. The molecule has 0 spiro atoms. The Balaban J connectivity index is 2.10. The highest BCUT2D eigenvalue weighted by Gasteiger charge is 2.09. The van der Waals surface area contributed by atoms with Crippen LogP contribution in [0, 0.1) is 6.92 Å². The van der Waals surface area contributed by atoms with Crippen molar-refractivity contribution in [2.24, 2.45) is 0 Å². The van der Waals surface area contributed by atoms with E-state index in [1.54, 1.807) is 12.4 Å². The van der Waals surface area contributed by atoms with E-state index in [1.807, 2.05) is 25.2 Å². The third kappa shape index (κ3) is 2.55. The Morgan fingerprint density at radius 1 is 1.44 bits per heavy atom. The highest BCUT2D eigenvalue weighted by Crippen LogP contribution is 2.11. The van der Waals surface area contributed by atoms with Crippen LogP contribution in [0.2, 0.25) is 0 Å². The summed E-state index contributed by atoms with van der Waals surface area (Å²) < 4.78 is 1.82. The number of nitrogens with zero attached hydrogens (tertiary/aromatic N) is 4. The zero-order valence-electron chi connectivity index (χ0n) is 10.6. The molecular weight excluding hydrogens is 232 g/mol. The number of carbonyl (C=O) groups excluding carboxylic acids is 1. The maximum Gasteiger partial charge on any atom is 0.239 e. The third-order valence-corrected chi connectivity index (χ3v) is 2.36. The van der Waals surface area contributed by atoms with Crippen molar-refractivity contribution in [3.63, 3.8) is 0 Å². The first-order chi connectivity index (χ1) is 8.58. The summed E-state index contributed by atoms with van der Waals surface area (Å²) in [5.74, 6) is 1.25. The molecule has 0 aliphatic heterocycles. The van der Waals surface area contributed by atoms with Crippen LogP contribution in [0.25, 0.3) is 5.65 Å². The van der Waals surface area contributed by atoms with Crippen molar-refractivity contribution in [1.82, 2.24) is 24.9 Å². The number of nitrogens with one attached hydrogen (secondary N) is 2.